The van der Waals surface area contributed by atoms with Gasteiger partial charge in [-0.1, -0.05) is 80.6 Å². The lowest BCUT2D eigenvalue weighted by atomic mass is 9.73. The Hall–Kier alpha value is -2.78. The maximum atomic E-state index is 14.9. The summed E-state index contributed by atoms with van der Waals surface area (Å²) >= 11 is 0. The summed E-state index contributed by atoms with van der Waals surface area (Å²) < 4.78 is 30.5. The van der Waals surface area contributed by atoms with Gasteiger partial charge in [0.05, 0.1) is 0 Å². The molecule has 0 aromatic heterocycles. The summed E-state index contributed by atoms with van der Waals surface area (Å²) in [6.07, 6.45) is 13.0. The Morgan fingerprint density at radius 2 is 1.58 bits per heavy atom. The second kappa shape index (κ2) is 17.2. The van der Waals surface area contributed by atoms with Gasteiger partial charge in [0.2, 0.25) is 24.1 Å². The molecule has 0 aromatic rings. The smallest absolute Gasteiger partial charge is 0.258 e. The fourth-order valence-electron chi connectivity index (χ4n) is 12.1. The molecule has 13 nitrogen and oxygen atoms in total. The molecular formula is C44H74FN7O6S. The van der Waals surface area contributed by atoms with Crippen molar-refractivity contribution in [2.75, 3.05) is 32.7 Å². The van der Waals surface area contributed by atoms with Gasteiger partial charge in [0.25, 0.3) is 5.91 Å². The van der Waals surface area contributed by atoms with Crippen LogP contribution in [0.4, 0.5) is 4.39 Å². The number of hydrogen-bond acceptors (Lipinski definition) is 7. The summed E-state index contributed by atoms with van der Waals surface area (Å²) in [5.41, 5.74) is -2.23. The highest BCUT2D eigenvalue weighted by molar-refractivity contribution is 7.96. The normalized spacial score (nSPS) is 33.2. The van der Waals surface area contributed by atoms with E-state index in [1.54, 1.807) is 9.21 Å². The van der Waals surface area contributed by atoms with Crippen LogP contribution in [0, 0.1) is 33.5 Å². The topological polar surface area (TPSA) is 160 Å². The molecule has 59 heavy (non-hydrogen) atoms. The molecule has 7 aliphatic rings. The summed E-state index contributed by atoms with van der Waals surface area (Å²) in [6, 6.07) is -2.54. The predicted octanol–water partition coefficient (Wildman–Crippen LogP) is 4.45. The van der Waals surface area contributed by atoms with Gasteiger partial charge in [-0.25, -0.2) is 12.9 Å². The molecule has 7 fully saturated rings. The van der Waals surface area contributed by atoms with Crippen LogP contribution in [0.3, 0.4) is 0 Å². The van der Waals surface area contributed by atoms with E-state index in [-0.39, 0.29) is 45.8 Å². The van der Waals surface area contributed by atoms with Crippen molar-refractivity contribution in [1.82, 2.24) is 34.8 Å². The SMILES string of the molecule is C=S(=O)(NC(=O)[C@@]1(NC(=O)[C@@H]2CC3(CN2C(=O)[C@@H](NC(=O)C(NC=O)C2CCCCC2)C(C)(C)C)C(C)(C)C32CCC2)C[C@H]1CC)N1CCCC1.CCN1CCC[C@H]1F. The zero-order chi connectivity index (χ0) is 43.2. The van der Waals surface area contributed by atoms with Crippen LogP contribution in [0.5, 0.6) is 0 Å². The summed E-state index contributed by atoms with van der Waals surface area (Å²) in [5, 5.41) is 8.90. The standard InChI is InChI=1S/C38H62N6O6S.C6H12FN/c1-8-26-21-38(26,33(49)42-51(7,50)43-19-12-13-20-43)41-30(46)27-22-37(35(5,6)36(37)17-14-18-36)23-44(27)32(48)29(34(2,3)4)40-31(47)28(39-24-45)25-15-10-9-11-16-25;1-2-8-5-3-4-6(8)7/h24-29H,7-23H2,1-6H3,(H,39,45)(H,40,47)(H,41,46)(H,42,49,50);6H,2-5H2,1H3/t26-,27+,28?,29-,37?,38-,51?;6-/m10/s1. The van der Waals surface area contributed by atoms with Crippen LogP contribution < -0.4 is 20.7 Å². The zero-order valence-corrected chi connectivity index (χ0v) is 37.8. The molecule has 4 N–H and O–H groups in total. The molecule has 3 saturated heterocycles. The highest BCUT2D eigenvalue weighted by Crippen LogP contribution is 2.88. The number of halogens is 1. The molecule has 4 saturated carbocycles. The van der Waals surface area contributed by atoms with E-state index in [9.17, 15) is 32.6 Å². The van der Waals surface area contributed by atoms with Crippen molar-refractivity contribution in [2.45, 2.75) is 175 Å². The molecule has 3 heterocycles. The lowest BCUT2D eigenvalue weighted by molar-refractivity contribution is -0.145. The van der Waals surface area contributed by atoms with Crippen LogP contribution in [0.1, 0.15) is 145 Å². The molecule has 8 atom stereocenters. The second-order valence-corrected chi connectivity index (χ2v) is 22.5. The first kappa shape index (κ1) is 45.7. The van der Waals surface area contributed by atoms with Gasteiger partial charge in [0.15, 0.2) is 6.30 Å². The molecule has 3 unspecified atom stereocenters. The highest BCUT2D eigenvalue weighted by Gasteiger charge is 2.85. The zero-order valence-electron chi connectivity index (χ0n) is 37.0. The van der Waals surface area contributed by atoms with E-state index in [4.69, 9.17) is 0 Å². The molecule has 5 amide bonds. The minimum Gasteiger partial charge on any atom is -0.347 e. The van der Waals surface area contributed by atoms with E-state index in [0.717, 1.165) is 90.1 Å². The maximum absolute atomic E-state index is 14.9. The predicted molar refractivity (Wildman–Crippen MR) is 228 cm³/mol. The van der Waals surface area contributed by atoms with Gasteiger partial charge in [-0.05, 0) is 105 Å². The van der Waals surface area contributed by atoms with Gasteiger partial charge >= 0.3 is 0 Å². The van der Waals surface area contributed by atoms with Crippen LogP contribution >= 0.6 is 0 Å². The van der Waals surface area contributed by atoms with Crippen molar-refractivity contribution >= 4 is 45.8 Å². The molecule has 3 aliphatic heterocycles. The van der Waals surface area contributed by atoms with E-state index in [0.29, 0.717) is 45.3 Å². The molecule has 0 radical (unpaired) electrons. The number of hydrogen-bond donors (Lipinski definition) is 4. The Morgan fingerprint density at radius 3 is 2.05 bits per heavy atom. The van der Waals surface area contributed by atoms with Gasteiger partial charge in [-0.15, -0.1) is 0 Å². The van der Waals surface area contributed by atoms with E-state index in [1.165, 1.54) is 0 Å². The Labute approximate surface area is 353 Å². The van der Waals surface area contributed by atoms with Crippen molar-refractivity contribution < 1.29 is 32.6 Å². The van der Waals surface area contributed by atoms with Crippen molar-refractivity contribution in [1.29, 1.82) is 0 Å². The summed E-state index contributed by atoms with van der Waals surface area (Å²) in [6.45, 7) is 17.6. The number of carbonyl (C=O) groups is 5. The Kier molecular flexibility index (Phi) is 13.3. The molecule has 4 aliphatic carbocycles. The minimum absolute atomic E-state index is 0.00939. The molecule has 15 heteroatoms. The number of nitrogens with zero attached hydrogens (tertiary/aromatic N) is 3. The number of alkyl halides is 1. The Morgan fingerprint density at radius 1 is 0.915 bits per heavy atom. The number of amides is 5. The largest absolute Gasteiger partial charge is 0.347 e. The van der Waals surface area contributed by atoms with Gasteiger partial charge in [-0.2, -0.15) is 0 Å². The number of fused-ring (bicyclic) bond motifs is 1. The third-order valence-corrected chi connectivity index (χ3v) is 17.9. The van der Waals surface area contributed by atoms with Crippen molar-refractivity contribution in [3.8, 4) is 0 Å². The van der Waals surface area contributed by atoms with Crippen molar-refractivity contribution in [2.24, 2.45) is 33.5 Å². The minimum atomic E-state index is -3.06. The first-order chi connectivity index (χ1) is 27.8. The fourth-order valence-corrected chi connectivity index (χ4v) is 13.6. The van der Waals surface area contributed by atoms with Gasteiger partial charge in [0.1, 0.15) is 33.6 Å². The van der Waals surface area contributed by atoms with Crippen LogP contribution in [0.2, 0.25) is 0 Å². The second-order valence-electron chi connectivity index (χ2n) is 20.5. The third kappa shape index (κ3) is 8.31. The molecule has 0 bridgehead atoms. The molecule has 7 rings (SSSR count). The number of nitrogens with one attached hydrogen (secondary N) is 4. The average Bonchev–Trinajstić information content (AvgIpc) is 3.56. The first-order valence-corrected chi connectivity index (χ1v) is 24.4. The first-order valence-electron chi connectivity index (χ1n) is 22.7. The average molecular weight is 848 g/mol. The quantitative estimate of drug-likeness (QED) is 0.121. The summed E-state index contributed by atoms with van der Waals surface area (Å²) in [7, 11) is -3.06. The van der Waals surface area contributed by atoms with Crippen molar-refractivity contribution in [3.63, 3.8) is 0 Å². The monoisotopic (exact) mass is 848 g/mol. The van der Waals surface area contributed by atoms with Crippen molar-refractivity contribution in [3.05, 3.63) is 0 Å². The summed E-state index contributed by atoms with van der Waals surface area (Å²) in [4.78, 5) is 72.6. The number of rotatable bonds is 13. The molecular weight excluding hydrogens is 774 g/mol. The third-order valence-electron chi connectivity index (χ3n) is 16.2. The lowest BCUT2D eigenvalue weighted by Crippen LogP contribution is -2.62. The van der Waals surface area contributed by atoms with Gasteiger partial charge in [-0.3, -0.25) is 33.6 Å². The van der Waals surface area contributed by atoms with E-state index < -0.39 is 51.2 Å². The number of likely N-dealkylation sites (tertiary alicyclic amines) is 2. The van der Waals surface area contributed by atoms with Gasteiger partial charge < -0.3 is 20.9 Å². The number of carbonyl (C=O) groups excluding carboxylic acids is 5. The van der Waals surface area contributed by atoms with Crippen LogP contribution in [0.15, 0.2) is 0 Å². The molecule has 334 valence electrons. The molecule has 0 aromatic carbocycles. The van der Waals surface area contributed by atoms with Crippen LogP contribution in [-0.2, 0) is 33.9 Å². The maximum Gasteiger partial charge on any atom is 0.258 e. The summed E-state index contributed by atoms with van der Waals surface area (Å²) in [5.74, 6) is 2.15. The molecule has 2 spiro atoms. The Bertz CT molecular complexity index is 1700. The van der Waals surface area contributed by atoms with E-state index >= 15 is 0 Å². The van der Waals surface area contributed by atoms with Crippen LogP contribution in [-0.4, -0.2) is 117 Å². The highest BCUT2D eigenvalue weighted by atomic mass is 32.2. The fraction of sp³-hybridized carbons (Fsp3) is 0.864. The van der Waals surface area contributed by atoms with E-state index in [1.807, 2.05) is 39.5 Å². The lowest BCUT2D eigenvalue weighted by Gasteiger charge is -2.37. The van der Waals surface area contributed by atoms with E-state index in [2.05, 4.69) is 40.4 Å². The Balaban J connectivity index is 0.000000654. The van der Waals surface area contributed by atoms with Gasteiger partial charge in [0, 0.05) is 31.6 Å². The van der Waals surface area contributed by atoms with Crippen LogP contribution in [0.25, 0.3) is 0 Å².